The lowest BCUT2D eigenvalue weighted by Crippen LogP contribution is -2.03. The quantitative estimate of drug-likeness (QED) is 0.770. The molecule has 3 rings (SSSR count). The summed E-state index contributed by atoms with van der Waals surface area (Å²) in [5.41, 5.74) is 1.44. The lowest BCUT2D eigenvalue weighted by molar-refractivity contribution is -0.137. The molecule has 0 spiro atoms. The number of nitrogens with one attached hydrogen (secondary N) is 1. The molecule has 0 radical (unpaired) electrons. The maximum absolute atomic E-state index is 12.5. The molecule has 21 heavy (non-hydrogen) atoms. The summed E-state index contributed by atoms with van der Waals surface area (Å²) in [5, 5.41) is 0.862. The number of aromatic nitrogens is 3. The molecule has 0 bridgehead atoms. The van der Waals surface area contributed by atoms with Crippen molar-refractivity contribution in [3.63, 3.8) is 0 Å². The number of fused-ring (bicyclic) bond motifs is 1. The van der Waals surface area contributed by atoms with Gasteiger partial charge in [0.2, 0.25) is 0 Å². The minimum atomic E-state index is -4.31. The van der Waals surface area contributed by atoms with Gasteiger partial charge in [0.15, 0.2) is 0 Å². The fraction of sp³-hybridized carbons (Fsp3) is 0.0667. The van der Waals surface area contributed by atoms with Crippen molar-refractivity contribution in [1.29, 1.82) is 0 Å². The molecule has 0 saturated heterocycles. The molecule has 0 fully saturated rings. The predicted octanol–water partition coefficient (Wildman–Crippen LogP) is 4.15. The van der Waals surface area contributed by atoms with Crippen LogP contribution in [0.2, 0.25) is 0 Å². The molecule has 1 N–H and O–H groups in total. The fourth-order valence-electron chi connectivity index (χ4n) is 1.98. The van der Waals surface area contributed by atoms with Crippen LogP contribution in [0.4, 0.5) is 13.2 Å². The van der Waals surface area contributed by atoms with E-state index in [1.165, 1.54) is 18.5 Å². The third-order valence-electron chi connectivity index (χ3n) is 3.06. The first kappa shape index (κ1) is 13.4. The highest BCUT2D eigenvalue weighted by molar-refractivity contribution is 5.86. The van der Waals surface area contributed by atoms with Gasteiger partial charge in [-0.25, -0.2) is 9.97 Å². The molecule has 106 valence electrons. The van der Waals surface area contributed by atoms with E-state index < -0.39 is 11.7 Å². The maximum Gasteiger partial charge on any atom is 0.416 e. The van der Waals surface area contributed by atoms with Gasteiger partial charge in [-0.2, -0.15) is 13.2 Å². The Bertz CT molecular complexity index is 786. The molecule has 3 aromatic rings. The van der Waals surface area contributed by atoms with Gasteiger partial charge in [0.05, 0.1) is 11.3 Å². The van der Waals surface area contributed by atoms with E-state index in [2.05, 4.69) is 15.0 Å². The highest BCUT2D eigenvalue weighted by Crippen LogP contribution is 2.29. The Hall–Kier alpha value is -2.63. The summed E-state index contributed by atoms with van der Waals surface area (Å²) in [7, 11) is 0. The number of hydrogen-bond acceptors (Lipinski definition) is 2. The molecule has 0 saturated carbocycles. The molecular formula is C15H10F3N3. The van der Waals surface area contributed by atoms with E-state index in [1.807, 2.05) is 6.07 Å². The van der Waals surface area contributed by atoms with Crippen LogP contribution in [0, 0.1) is 0 Å². The molecule has 0 aliphatic carbocycles. The summed E-state index contributed by atoms with van der Waals surface area (Å²) < 4.78 is 37.4. The van der Waals surface area contributed by atoms with Crippen molar-refractivity contribution in [3.05, 3.63) is 59.7 Å². The van der Waals surface area contributed by atoms with Crippen LogP contribution in [0.5, 0.6) is 0 Å². The van der Waals surface area contributed by atoms with Crippen molar-refractivity contribution in [2.45, 2.75) is 6.18 Å². The molecular weight excluding hydrogens is 279 g/mol. The van der Waals surface area contributed by atoms with Crippen LogP contribution in [-0.2, 0) is 6.18 Å². The second kappa shape index (κ2) is 5.05. The van der Waals surface area contributed by atoms with Crippen molar-refractivity contribution in [3.8, 4) is 0 Å². The molecule has 0 atom stereocenters. The monoisotopic (exact) mass is 289 g/mol. The summed E-state index contributed by atoms with van der Waals surface area (Å²) in [6.45, 7) is 0. The molecule has 2 aromatic heterocycles. The normalized spacial score (nSPS) is 12.3. The zero-order valence-corrected chi connectivity index (χ0v) is 10.7. The van der Waals surface area contributed by atoms with E-state index >= 15 is 0 Å². The second-order valence-electron chi connectivity index (χ2n) is 4.45. The average molecular weight is 289 g/mol. The number of aromatic amines is 1. The number of H-pyrrole nitrogens is 1. The molecule has 1 aromatic carbocycles. The van der Waals surface area contributed by atoms with E-state index in [-0.39, 0.29) is 0 Å². The fourth-order valence-corrected chi connectivity index (χ4v) is 1.98. The number of halogens is 3. The van der Waals surface area contributed by atoms with Gasteiger partial charge in [-0.15, -0.1) is 0 Å². The van der Waals surface area contributed by atoms with Gasteiger partial charge in [0.25, 0.3) is 0 Å². The number of alkyl halides is 3. The smallest absolute Gasteiger partial charge is 0.346 e. The Morgan fingerprint density at radius 2 is 1.71 bits per heavy atom. The summed E-state index contributed by atoms with van der Waals surface area (Å²) >= 11 is 0. The van der Waals surface area contributed by atoms with E-state index in [0.29, 0.717) is 11.3 Å². The largest absolute Gasteiger partial charge is 0.416 e. The van der Waals surface area contributed by atoms with Crippen molar-refractivity contribution < 1.29 is 13.2 Å². The van der Waals surface area contributed by atoms with Crippen LogP contribution < -0.4 is 0 Å². The van der Waals surface area contributed by atoms with Crippen molar-refractivity contribution in [1.82, 2.24) is 15.0 Å². The van der Waals surface area contributed by atoms with E-state index in [9.17, 15) is 13.2 Å². The van der Waals surface area contributed by atoms with Crippen LogP contribution in [0.25, 0.3) is 23.2 Å². The van der Waals surface area contributed by atoms with E-state index in [1.54, 1.807) is 18.3 Å². The van der Waals surface area contributed by atoms with Gasteiger partial charge in [-0.05, 0) is 29.8 Å². The van der Waals surface area contributed by atoms with Gasteiger partial charge < -0.3 is 4.98 Å². The molecule has 2 heterocycles. The first-order valence-corrected chi connectivity index (χ1v) is 6.17. The van der Waals surface area contributed by atoms with Gasteiger partial charge in [0.1, 0.15) is 12.0 Å². The second-order valence-corrected chi connectivity index (χ2v) is 4.45. The zero-order chi connectivity index (χ0) is 14.9. The van der Waals surface area contributed by atoms with Gasteiger partial charge in [0, 0.05) is 11.6 Å². The molecule has 0 unspecified atom stereocenters. The van der Waals surface area contributed by atoms with Crippen LogP contribution in [0.1, 0.15) is 16.8 Å². The van der Waals surface area contributed by atoms with Crippen LogP contribution in [-0.4, -0.2) is 15.0 Å². The molecule has 6 heteroatoms. The summed E-state index contributed by atoms with van der Waals surface area (Å²) in [6, 6.07) is 6.82. The topological polar surface area (TPSA) is 41.6 Å². The highest BCUT2D eigenvalue weighted by atomic mass is 19.4. The van der Waals surface area contributed by atoms with Gasteiger partial charge in [-0.3, -0.25) is 0 Å². The summed E-state index contributed by atoms with van der Waals surface area (Å²) in [4.78, 5) is 11.2. The highest BCUT2D eigenvalue weighted by Gasteiger charge is 2.29. The number of benzene rings is 1. The van der Waals surface area contributed by atoms with Gasteiger partial charge >= 0.3 is 6.18 Å². The first-order chi connectivity index (χ1) is 10.0. The van der Waals surface area contributed by atoms with Crippen LogP contribution >= 0.6 is 0 Å². The molecule has 0 amide bonds. The Balaban J connectivity index is 1.88. The van der Waals surface area contributed by atoms with Crippen molar-refractivity contribution in [2.75, 3.05) is 0 Å². The van der Waals surface area contributed by atoms with Crippen molar-refractivity contribution >= 4 is 23.2 Å². The average Bonchev–Trinajstić information content (AvgIpc) is 2.93. The van der Waals surface area contributed by atoms with E-state index in [0.717, 1.165) is 23.2 Å². The Labute approximate surface area is 118 Å². The number of rotatable bonds is 2. The van der Waals surface area contributed by atoms with Crippen LogP contribution in [0.15, 0.2) is 42.9 Å². The summed E-state index contributed by atoms with van der Waals surface area (Å²) in [6.07, 6.45) is 2.35. The number of nitrogens with zero attached hydrogens (tertiary/aromatic N) is 2. The standard InChI is InChI=1S/C15H10F3N3/c16-15(17,18)11-4-1-10(2-5-11)3-6-13-12-7-8-19-14(12)21-9-20-13/h1-9H,(H,19,20,21)/b6-3+. The Morgan fingerprint density at radius 3 is 2.43 bits per heavy atom. The minimum Gasteiger partial charge on any atom is -0.346 e. The Morgan fingerprint density at radius 1 is 0.952 bits per heavy atom. The van der Waals surface area contributed by atoms with E-state index in [4.69, 9.17) is 0 Å². The molecule has 0 aliphatic heterocycles. The number of hydrogen-bond donors (Lipinski definition) is 1. The van der Waals surface area contributed by atoms with Gasteiger partial charge in [-0.1, -0.05) is 18.2 Å². The molecule has 3 nitrogen and oxygen atoms in total. The summed E-state index contributed by atoms with van der Waals surface area (Å²) in [5.74, 6) is 0. The maximum atomic E-state index is 12.5. The van der Waals surface area contributed by atoms with Crippen LogP contribution in [0.3, 0.4) is 0 Å². The van der Waals surface area contributed by atoms with Crippen molar-refractivity contribution in [2.24, 2.45) is 0 Å². The first-order valence-electron chi connectivity index (χ1n) is 6.17. The zero-order valence-electron chi connectivity index (χ0n) is 10.7. The predicted molar refractivity (Wildman–Crippen MR) is 74.3 cm³/mol. The lowest BCUT2D eigenvalue weighted by atomic mass is 10.1. The Kier molecular flexibility index (Phi) is 3.21. The SMILES string of the molecule is FC(F)(F)c1ccc(/C=C/c2ncnc3[nH]ccc23)cc1. The third kappa shape index (κ3) is 2.79. The lowest BCUT2D eigenvalue weighted by Gasteiger charge is -2.05. The molecule has 0 aliphatic rings. The minimum absolute atomic E-state index is 0.658. The third-order valence-corrected chi connectivity index (χ3v) is 3.06.